The molecule has 0 aliphatic rings. The van der Waals surface area contributed by atoms with E-state index in [2.05, 4.69) is 6.07 Å². The van der Waals surface area contributed by atoms with E-state index in [4.69, 9.17) is 4.42 Å². The van der Waals surface area contributed by atoms with Gasteiger partial charge in [-0.15, -0.1) is 0 Å². The molecule has 0 N–H and O–H groups in total. The largest absolute Gasteiger partial charge is 0.455 e. The molecule has 18 heavy (non-hydrogen) atoms. The van der Waals surface area contributed by atoms with E-state index < -0.39 is 0 Å². The van der Waals surface area contributed by atoms with Crippen LogP contribution >= 0.6 is 0 Å². The Kier molecular flexibility index (Phi) is 2.39. The van der Waals surface area contributed by atoms with Crippen LogP contribution in [0.15, 0.2) is 52.9 Å². The van der Waals surface area contributed by atoms with Gasteiger partial charge in [0.1, 0.15) is 17.2 Å². The predicted octanol–water partition coefficient (Wildman–Crippen LogP) is 4.28. The van der Waals surface area contributed by atoms with Gasteiger partial charge in [-0.1, -0.05) is 42.0 Å². The van der Waals surface area contributed by atoms with Crippen LogP contribution in [0.4, 0.5) is 0 Å². The Morgan fingerprint density at radius 2 is 1.83 bits per heavy atom. The molecule has 0 saturated heterocycles. The van der Waals surface area contributed by atoms with Crippen molar-refractivity contribution in [2.75, 3.05) is 0 Å². The summed E-state index contributed by atoms with van der Waals surface area (Å²) in [5.74, 6) is 0.652. The van der Waals surface area contributed by atoms with Crippen molar-refractivity contribution in [3.63, 3.8) is 0 Å². The minimum absolute atomic E-state index is 0.611. The molecule has 0 amide bonds. The molecule has 0 bridgehead atoms. The van der Waals surface area contributed by atoms with Crippen molar-refractivity contribution in [2.45, 2.75) is 6.92 Å². The number of nitriles is 1. The van der Waals surface area contributed by atoms with Crippen molar-refractivity contribution >= 4 is 11.0 Å². The van der Waals surface area contributed by atoms with Crippen LogP contribution in [-0.4, -0.2) is 0 Å². The molecule has 0 unspecified atom stereocenters. The number of aryl methyl sites for hydroxylation is 1. The zero-order valence-corrected chi connectivity index (χ0v) is 9.97. The maximum atomic E-state index is 9.35. The summed E-state index contributed by atoms with van der Waals surface area (Å²) in [6, 6.07) is 17.9. The number of hydrogen-bond donors (Lipinski definition) is 0. The molecule has 3 aromatic rings. The van der Waals surface area contributed by atoms with Crippen molar-refractivity contribution in [3.05, 3.63) is 59.7 Å². The van der Waals surface area contributed by atoms with Gasteiger partial charge in [-0.25, -0.2) is 0 Å². The monoisotopic (exact) mass is 233 g/mol. The van der Waals surface area contributed by atoms with E-state index in [1.165, 1.54) is 0 Å². The molecule has 2 aromatic carbocycles. The average Bonchev–Trinajstić information content (AvgIpc) is 2.77. The lowest BCUT2D eigenvalue weighted by atomic mass is 10.1. The summed E-state index contributed by atoms with van der Waals surface area (Å²) >= 11 is 0. The molecule has 0 radical (unpaired) electrons. The molecule has 1 aromatic heterocycles. The van der Waals surface area contributed by atoms with Crippen LogP contribution in [0.3, 0.4) is 0 Å². The quantitative estimate of drug-likeness (QED) is 0.629. The highest BCUT2D eigenvalue weighted by molar-refractivity contribution is 5.91. The summed E-state index contributed by atoms with van der Waals surface area (Å²) in [4.78, 5) is 0. The molecule has 2 nitrogen and oxygen atoms in total. The summed E-state index contributed by atoms with van der Waals surface area (Å²) in [7, 11) is 0. The molecule has 0 aliphatic heterocycles. The van der Waals surface area contributed by atoms with E-state index in [9.17, 15) is 5.26 Å². The van der Waals surface area contributed by atoms with E-state index in [1.807, 2.05) is 55.5 Å². The summed E-state index contributed by atoms with van der Waals surface area (Å²) < 4.78 is 5.81. The van der Waals surface area contributed by atoms with E-state index >= 15 is 0 Å². The van der Waals surface area contributed by atoms with Crippen molar-refractivity contribution in [1.82, 2.24) is 0 Å². The fraction of sp³-hybridized carbons (Fsp3) is 0.0625. The molecule has 0 atom stereocenters. The summed E-state index contributed by atoms with van der Waals surface area (Å²) in [5.41, 5.74) is 3.43. The van der Waals surface area contributed by atoms with E-state index in [0.29, 0.717) is 11.3 Å². The number of nitrogens with zero attached hydrogens (tertiary/aromatic N) is 1. The van der Waals surface area contributed by atoms with Gasteiger partial charge in [0, 0.05) is 10.9 Å². The molecular formula is C16H11NO. The maximum absolute atomic E-state index is 9.35. The van der Waals surface area contributed by atoms with E-state index in [-0.39, 0.29) is 0 Å². The Morgan fingerprint density at radius 1 is 1.06 bits per heavy atom. The van der Waals surface area contributed by atoms with E-state index in [1.54, 1.807) is 0 Å². The van der Waals surface area contributed by atoms with Crippen LogP contribution in [0.25, 0.3) is 22.3 Å². The number of rotatable bonds is 1. The summed E-state index contributed by atoms with van der Waals surface area (Å²) in [6.07, 6.45) is 0. The zero-order valence-electron chi connectivity index (χ0n) is 9.97. The molecule has 86 valence electrons. The van der Waals surface area contributed by atoms with E-state index in [0.717, 1.165) is 22.1 Å². The topological polar surface area (TPSA) is 36.9 Å². The van der Waals surface area contributed by atoms with Gasteiger partial charge in [0.05, 0.1) is 0 Å². The second-order valence-corrected chi connectivity index (χ2v) is 4.28. The number of benzene rings is 2. The van der Waals surface area contributed by atoms with Gasteiger partial charge in [0.15, 0.2) is 5.76 Å². The third-order valence-corrected chi connectivity index (χ3v) is 2.99. The lowest BCUT2D eigenvalue weighted by Gasteiger charge is -1.95. The molecule has 2 heteroatoms. The summed E-state index contributed by atoms with van der Waals surface area (Å²) in [6.45, 7) is 2.01. The van der Waals surface area contributed by atoms with Gasteiger partial charge in [-0.3, -0.25) is 0 Å². The number of fused-ring (bicyclic) bond motifs is 1. The standard InChI is InChI=1S/C16H11NO/c1-11-7-8-15-13(9-11)14(10-17)16(18-15)12-5-3-2-4-6-12/h2-9H,1H3. The fourth-order valence-electron chi connectivity index (χ4n) is 2.12. The van der Waals surface area contributed by atoms with Crippen molar-refractivity contribution in [3.8, 4) is 17.4 Å². The molecule has 1 heterocycles. The minimum Gasteiger partial charge on any atom is -0.455 e. The second kappa shape index (κ2) is 4.05. The Morgan fingerprint density at radius 3 is 2.56 bits per heavy atom. The van der Waals surface area contributed by atoms with Gasteiger partial charge >= 0.3 is 0 Å². The van der Waals surface area contributed by atoms with Gasteiger partial charge in [-0.05, 0) is 19.1 Å². The molecule has 0 aliphatic carbocycles. The maximum Gasteiger partial charge on any atom is 0.153 e. The lowest BCUT2D eigenvalue weighted by molar-refractivity contribution is 0.630. The van der Waals surface area contributed by atoms with Crippen LogP contribution < -0.4 is 0 Å². The predicted molar refractivity (Wildman–Crippen MR) is 71.1 cm³/mol. The SMILES string of the molecule is Cc1ccc2oc(-c3ccccc3)c(C#N)c2c1. The molecular weight excluding hydrogens is 222 g/mol. The average molecular weight is 233 g/mol. The first-order valence-electron chi connectivity index (χ1n) is 5.78. The van der Waals surface area contributed by atoms with Gasteiger partial charge in [0.2, 0.25) is 0 Å². The third kappa shape index (κ3) is 1.57. The van der Waals surface area contributed by atoms with Gasteiger partial charge < -0.3 is 4.42 Å². The first-order valence-corrected chi connectivity index (χ1v) is 5.78. The number of hydrogen-bond acceptors (Lipinski definition) is 2. The van der Waals surface area contributed by atoms with Crippen molar-refractivity contribution in [2.24, 2.45) is 0 Å². The number of furan rings is 1. The van der Waals surface area contributed by atoms with Crippen LogP contribution in [-0.2, 0) is 0 Å². The second-order valence-electron chi connectivity index (χ2n) is 4.28. The molecule has 3 rings (SSSR count). The normalized spacial score (nSPS) is 10.4. The first-order chi connectivity index (χ1) is 8.79. The highest BCUT2D eigenvalue weighted by atomic mass is 16.3. The molecule has 0 saturated carbocycles. The van der Waals surface area contributed by atoms with Gasteiger partial charge in [-0.2, -0.15) is 5.26 Å². The Labute approximate surface area is 105 Å². The zero-order chi connectivity index (χ0) is 12.5. The molecule has 0 spiro atoms. The lowest BCUT2D eigenvalue weighted by Crippen LogP contribution is -1.78. The van der Waals surface area contributed by atoms with Crippen LogP contribution in [0.2, 0.25) is 0 Å². The minimum atomic E-state index is 0.611. The third-order valence-electron chi connectivity index (χ3n) is 2.99. The van der Waals surface area contributed by atoms with Crippen LogP contribution in [0.5, 0.6) is 0 Å². The Bertz CT molecular complexity index is 748. The van der Waals surface area contributed by atoms with Crippen molar-refractivity contribution in [1.29, 1.82) is 5.26 Å². The Balaban J connectivity index is 2.34. The Hall–Kier alpha value is -2.53. The highest BCUT2D eigenvalue weighted by Gasteiger charge is 2.15. The van der Waals surface area contributed by atoms with Crippen LogP contribution in [0, 0.1) is 18.3 Å². The fourth-order valence-corrected chi connectivity index (χ4v) is 2.12. The van der Waals surface area contributed by atoms with Gasteiger partial charge in [0.25, 0.3) is 0 Å². The van der Waals surface area contributed by atoms with Crippen LogP contribution in [0.1, 0.15) is 11.1 Å². The highest BCUT2D eigenvalue weighted by Crippen LogP contribution is 2.33. The van der Waals surface area contributed by atoms with Crippen molar-refractivity contribution < 1.29 is 4.42 Å². The molecule has 0 fully saturated rings. The first kappa shape index (κ1) is 10.6. The smallest absolute Gasteiger partial charge is 0.153 e. The summed E-state index contributed by atoms with van der Waals surface area (Å²) in [5, 5.41) is 10.2.